The minimum absolute atomic E-state index is 0.475. The fraction of sp³-hybridized carbons (Fsp3) is 0.909. The fourth-order valence-electron chi connectivity index (χ4n) is 2.95. The lowest BCUT2D eigenvalue weighted by molar-refractivity contribution is 0.307. The molecule has 0 amide bonds. The largest absolute Gasteiger partial charge is 0.0885 e. The third-order valence-corrected chi connectivity index (χ3v) is 5.25. The summed E-state index contributed by atoms with van der Waals surface area (Å²) in [6, 6.07) is 0. The minimum atomic E-state index is 0.475. The predicted molar refractivity (Wildman–Crippen MR) is 103 cm³/mol. The summed E-state index contributed by atoms with van der Waals surface area (Å²) < 4.78 is 0. The summed E-state index contributed by atoms with van der Waals surface area (Å²) in [5, 5.41) is 0. The van der Waals surface area contributed by atoms with Crippen molar-refractivity contribution < 1.29 is 0 Å². The molecular weight excluding hydrogens is 264 g/mol. The number of hydrogen-bond acceptors (Lipinski definition) is 0. The van der Waals surface area contributed by atoms with Gasteiger partial charge in [-0.2, -0.15) is 0 Å². The van der Waals surface area contributed by atoms with Gasteiger partial charge < -0.3 is 0 Å². The van der Waals surface area contributed by atoms with E-state index in [-0.39, 0.29) is 0 Å². The summed E-state index contributed by atoms with van der Waals surface area (Å²) in [4.78, 5) is 0. The third kappa shape index (κ3) is 12.3. The number of hydrogen-bond donors (Lipinski definition) is 0. The SMILES string of the molecule is CCCCC(C)C(C)CCCC=CCC(C)(C)CCC(C)C. The van der Waals surface area contributed by atoms with Crippen LogP contribution in [0.1, 0.15) is 106 Å². The van der Waals surface area contributed by atoms with E-state index in [0.717, 1.165) is 17.8 Å². The molecule has 0 aliphatic heterocycles. The normalized spacial score (nSPS) is 15.6. The highest BCUT2D eigenvalue weighted by molar-refractivity contribution is 4.87. The molecule has 0 aromatic rings. The predicted octanol–water partition coefficient (Wildman–Crippen LogP) is 8.03. The van der Waals surface area contributed by atoms with E-state index in [9.17, 15) is 0 Å². The Morgan fingerprint density at radius 1 is 0.818 bits per heavy atom. The molecule has 0 aliphatic rings. The van der Waals surface area contributed by atoms with Gasteiger partial charge in [-0.25, -0.2) is 0 Å². The van der Waals surface area contributed by atoms with Crippen LogP contribution in [0.3, 0.4) is 0 Å². The van der Waals surface area contributed by atoms with Crippen molar-refractivity contribution in [1.82, 2.24) is 0 Å². The molecule has 22 heavy (non-hydrogen) atoms. The lowest BCUT2D eigenvalue weighted by Gasteiger charge is -2.24. The molecule has 2 unspecified atom stereocenters. The minimum Gasteiger partial charge on any atom is -0.0885 e. The van der Waals surface area contributed by atoms with Gasteiger partial charge in [-0.1, -0.05) is 92.7 Å². The van der Waals surface area contributed by atoms with E-state index in [1.54, 1.807) is 0 Å². The average Bonchev–Trinajstić information content (AvgIpc) is 2.46. The van der Waals surface area contributed by atoms with Crippen LogP contribution in [0.15, 0.2) is 12.2 Å². The molecule has 0 fully saturated rings. The van der Waals surface area contributed by atoms with Crippen molar-refractivity contribution in [2.24, 2.45) is 23.2 Å². The maximum atomic E-state index is 2.44. The van der Waals surface area contributed by atoms with Crippen molar-refractivity contribution in [2.75, 3.05) is 0 Å². The van der Waals surface area contributed by atoms with Gasteiger partial charge in [-0.3, -0.25) is 0 Å². The molecule has 0 saturated carbocycles. The van der Waals surface area contributed by atoms with Crippen LogP contribution >= 0.6 is 0 Å². The maximum Gasteiger partial charge on any atom is -0.0299 e. The van der Waals surface area contributed by atoms with Crippen LogP contribution in [-0.2, 0) is 0 Å². The first-order valence-electron chi connectivity index (χ1n) is 9.93. The molecular formula is C22H44. The Bertz CT molecular complexity index is 272. The van der Waals surface area contributed by atoms with Gasteiger partial charge in [0, 0.05) is 0 Å². The summed E-state index contributed by atoms with van der Waals surface area (Å²) >= 11 is 0. The van der Waals surface area contributed by atoms with Crippen LogP contribution in [-0.4, -0.2) is 0 Å². The Morgan fingerprint density at radius 3 is 1.95 bits per heavy atom. The Hall–Kier alpha value is -0.260. The summed E-state index contributed by atoms with van der Waals surface area (Å²) in [6.45, 7) is 16.7. The van der Waals surface area contributed by atoms with Gasteiger partial charge in [0.25, 0.3) is 0 Å². The quantitative estimate of drug-likeness (QED) is 0.238. The molecule has 0 rings (SSSR count). The first-order valence-corrected chi connectivity index (χ1v) is 9.93. The van der Waals surface area contributed by atoms with Crippen molar-refractivity contribution in [1.29, 1.82) is 0 Å². The zero-order valence-corrected chi connectivity index (χ0v) is 16.8. The van der Waals surface area contributed by atoms with Crippen LogP contribution in [0.25, 0.3) is 0 Å². The van der Waals surface area contributed by atoms with E-state index >= 15 is 0 Å². The van der Waals surface area contributed by atoms with Gasteiger partial charge in [-0.15, -0.1) is 0 Å². The van der Waals surface area contributed by atoms with Crippen LogP contribution in [0.4, 0.5) is 0 Å². The molecule has 2 atom stereocenters. The lowest BCUT2D eigenvalue weighted by Crippen LogP contribution is -2.11. The Labute approximate surface area is 142 Å². The van der Waals surface area contributed by atoms with Crippen LogP contribution in [0.2, 0.25) is 0 Å². The molecule has 0 aliphatic carbocycles. The Kier molecular flexibility index (Phi) is 12.1. The van der Waals surface area contributed by atoms with E-state index in [0.29, 0.717) is 5.41 Å². The van der Waals surface area contributed by atoms with Crippen molar-refractivity contribution in [3.8, 4) is 0 Å². The Balaban J connectivity index is 3.77. The second-order valence-electron chi connectivity index (χ2n) is 8.80. The van der Waals surface area contributed by atoms with Gasteiger partial charge in [0.2, 0.25) is 0 Å². The van der Waals surface area contributed by atoms with Gasteiger partial charge in [-0.05, 0) is 48.9 Å². The van der Waals surface area contributed by atoms with Crippen molar-refractivity contribution >= 4 is 0 Å². The van der Waals surface area contributed by atoms with Crippen LogP contribution < -0.4 is 0 Å². The fourth-order valence-corrected chi connectivity index (χ4v) is 2.95. The first kappa shape index (κ1) is 21.7. The summed E-state index contributed by atoms with van der Waals surface area (Å²) in [6.07, 6.45) is 17.0. The average molecular weight is 309 g/mol. The monoisotopic (exact) mass is 308 g/mol. The van der Waals surface area contributed by atoms with Gasteiger partial charge in [0.05, 0.1) is 0 Å². The number of allylic oxidation sites excluding steroid dienone is 2. The van der Waals surface area contributed by atoms with E-state index in [1.807, 2.05) is 0 Å². The van der Waals surface area contributed by atoms with Crippen molar-refractivity contribution in [3.63, 3.8) is 0 Å². The smallest absolute Gasteiger partial charge is 0.0299 e. The number of unbranched alkanes of at least 4 members (excludes halogenated alkanes) is 2. The molecule has 132 valence electrons. The molecule has 0 aromatic carbocycles. The first-order chi connectivity index (χ1) is 10.3. The third-order valence-electron chi connectivity index (χ3n) is 5.25. The van der Waals surface area contributed by atoms with Gasteiger partial charge >= 0.3 is 0 Å². The van der Waals surface area contributed by atoms with Crippen LogP contribution in [0.5, 0.6) is 0 Å². The standard InChI is InChI=1S/C22H44/c1-8-9-14-20(4)21(5)15-12-10-11-13-17-22(6,7)18-16-19(2)3/h11,13,19-21H,8-10,12,14-18H2,1-7H3. The molecule has 0 spiro atoms. The molecule has 0 nitrogen and oxygen atoms in total. The van der Waals surface area contributed by atoms with E-state index in [1.165, 1.54) is 57.8 Å². The molecule has 0 aromatic heterocycles. The summed E-state index contributed by atoms with van der Waals surface area (Å²) in [5.41, 5.74) is 0.475. The highest BCUT2D eigenvalue weighted by Gasteiger charge is 2.16. The molecule has 0 bridgehead atoms. The number of rotatable bonds is 13. The van der Waals surface area contributed by atoms with E-state index in [2.05, 4.69) is 60.6 Å². The zero-order valence-electron chi connectivity index (χ0n) is 16.8. The summed E-state index contributed by atoms with van der Waals surface area (Å²) in [7, 11) is 0. The van der Waals surface area contributed by atoms with Crippen LogP contribution in [0, 0.1) is 23.2 Å². The zero-order chi connectivity index (χ0) is 17.0. The second-order valence-corrected chi connectivity index (χ2v) is 8.80. The molecule has 0 N–H and O–H groups in total. The van der Waals surface area contributed by atoms with Gasteiger partial charge in [0.15, 0.2) is 0 Å². The molecule has 0 saturated heterocycles. The molecule has 0 heteroatoms. The van der Waals surface area contributed by atoms with Gasteiger partial charge in [0.1, 0.15) is 0 Å². The van der Waals surface area contributed by atoms with E-state index < -0.39 is 0 Å². The lowest BCUT2D eigenvalue weighted by atomic mass is 9.82. The van der Waals surface area contributed by atoms with Crippen molar-refractivity contribution in [3.05, 3.63) is 12.2 Å². The topological polar surface area (TPSA) is 0 Å². The van der Waals surface area contributed by atoms with E-state index in [4.69, 9.17) is 0 Å². The maximum absolute atomic E-state index is 2.44. The second kappa shape index (κ2) is 12.2. The van der Waals surface area contributed by atoms with Crippen molar-refractivity contribution in [2.45, 2.75) is 106 Å². The highest BCUT2D eigenvalue weighted by Crippen LogP contribution is 2.29. The molecule has 0 radical (unpaired) electrons. The Morgan fingerprint density at radius 2 is 1.41 bits per heavy atom. The molecule has 0 heterocycles. The highest BCUT2D eigenvalue weighted by atomic mass is 14.2. The summed E-state index contributed by atoms with van der Waals surface area (Å²) in [5.74, 6) is 2.63.